The van der Waals surface area contributed by atoms with Crippen LogP contribution in [0.3, 0.4) is 0 Å². The second kappa shape index (κ2) is 24.6. The fraction of sp³-hybridized carbons (Fsp3) is 0.500. The van der Waals surface area contributed by atoms with Crippen LogP contribution in [0, 0.1) is 5.92 Å². The van der Waals surface area contributed by atoms with Gasteiger partial charge in [-0.2, -0.15) is 0 Å². The number of aromatic amines is 1. The minimum Gasteiger partial charge on any atom is -0.351 e. The van der Waals surface area contributed by atoms with E-state index < -0.39 is 0 Å². The van der Waals surface area contributed by atoms with Gasteiger partial charge in [-0.1, -0.05) is 49.2 Å². The van der Waals surface area contributed by atoms with Crippen molar-refractivity contribution in [3.8, 4) is 0 Å². The first-order valence-electron chi connectivity index (χ1n) is 27.7. The molecule has 0 atom stereocenters. The Hall–Kier alpha value is -6.21. The Morgan fingerprint density at radius 2 is 1.19 bits per heavy atom. The number of piperazine rings is 1. The van der Waals surface area contributed by atoms with E-state index in [2.05, 4.69) is 45.4 Å². The zero-order chi connectivity index (χ0) is 51.7. The number of fused-ring (bicyclic) bond motifs is 3. The zero-order valence-electron chi connectivity index (χ0n) is 43.5. The molecule has 4 fully saturated rings. The van der Waals surface area contributed by atoms with Crippen molar-refractivity contribution in [2.75, 3.05) is 115 Å². The molecule has 0 bridgehead atoms. The molecular formula is C58H76N12O5. The van der Waals surface area contributed by atoms with E-state index in [0.717, 1.165) is 140 Å². The fourth-order valence-corrected chi connectivity index (χ4v) is 12.3. The highest BCUT2D eigenvalue weighted by Gasteiger charge is 2.33. The highest BCUT2D eigenvalue weighted by Crippen LogP contribution is 2.38. The average Bonchev–Trinajstić information content (AvgIpc) is 3.72. The third-order valence-corrected chi connectivity index (χ3v) is 16.6. The molecule has 6 heterocycles. The van der Waals surface area contributed by atoms with E-state index in [4.69, 9.17) is 5.73 Å². The Bertz CT molecular complexity index is 2830. The van der Waals surface area contributed by atoms with Crippen molar-refractivity contribution in [1.82, 2.24) is 44.7 Å². The number of unbranched alkanes of at least 4 members (excludes halogenated alkanes) is 1. The summed E-state index contributed by atoms with van der Waals surface area (Å²) in [6.45, 7) is 14.0. The molecule has 4 amide bonds. The summed E-state index contributed by atoms with van der Waals surface area (Å²) >= 11 is 0. The summed E-state index contributed by atoms with van der Waals surface area (Å²) in [7, 11) is 0. The molecule has 0 spiro atoms. The third kappa shape index (κ3) is 12.7. The number of para-hydroxylation sites is 5. The van der Waals surface area contributed by atoms with Gasteiger partial charge in [-0.15, -0.1) is 0 Å². The Balaban J connectivity index is 0.578. The summed E-state index contributed by atoms with van der Waals surface area (Å²) < 4.78 is 1.96. The lowest BCUT2D eigenvalue weighted by Crippen LogP contribution is -2.49. The highest BCUT2D eigenvalue weighted by atomic mass is 16.2. The van der Waals surface area contributed by atoms with Crippen molar-refractivity contribution in [1.29, 1.82) is 0 Å². The van der Waals surface area contributed by atoms with Gasteiger partial charge in [0.15, 0.2) is 0 Å². The molecule has 17 nitrogen and oxygen atoms in total. The molecule has 0 saturated carbocycles. The van der Waals surface area contributed by atoms with Gasteiger partial charge in [0.2, 0.25) is 5.91 Å². The van der Waals surface area contributed by atoms with E-state index in [1.165, 1.54) is 19.3 Å². The van der Waals surface area contributed by atoms with Gasteiger partial charge in [-0.05, 0) is 144 Å². The molecule has 10 rings (SSSR count). The van der Waals surface area contributed by atoms with Crippen LogP contribution in [0.1, 0.15) is 100 Å². The highest BCUT2D eigenvalue weighted by molar-refractivity contribution is 6.18. The average molecular weight is 1020 g/mol. The number of aromatic nitrogens is 2. The van der Waals surface area contributed by atoms with Gasteiger partial charge in [0.1, 0.15) is 0 Å². The maximum atomic E-state index is 13.9. The van der Waals surface area contributed by atoms with Crippen molar-refractivity contribution in [3.05, 3.63) is 124 Å². The summed E-state index contributed by atoms with van der Waals surface area (Å²) in [5.74, 6) is 0.0477. The summed E-state index contributed by atoms with van der Waals surface area (Å²) in [6.07, 6.45) is 9.90. The standard InChI is InChI=1S/C58H76N12O5/c59-40-43-37-44(55(72)60-22-31-65-27-18-46(19-28-65)68-29-20-47(21-30-68)69-52-14-5-3-12-50(52)63-58(69)75)39-45(38-43)56(73)61-23-32-66-35-33-64(34-36-66)24-8-7-9-42-16-25-67(26-17-42)41-54(71)70-51-13-4-1-10-48(51)57(74)62-49-11-2-6-15-53(49)70/h1-6,10-15,37-39,42,46-47H,7-9,16-36,40-41,59H2,(H,60,72)(H,61,73)(H,62,74)(H,63,75). The number of benzene rings is 4. The normalized spacial score (nSPS) is 19.1. The number of amides is 4. The number of carbonyl (C=O) groups excluding carboxylic acids is 4. The maximum absolute atomic E-state index is 13.9. The third-order valence-electron chi connectivity index (χ3n) is 16.6. The Labute approximate surface area is 440 Å². The van der Waals surface area contributed by atoms with Crippen molar-refractivity contribution in [2.24, 2.45) is 11.7 Å². The van der Waals surface area contributed by atoms with Gasteiger partial charge in [0.25, 0.3) is 17.7 Å². The SMILES string of the molecule is NCc1cc(C(=O)NCCN2CCC(N3CCC(n4c(=O)[nH]c5ccccc54)CC3)CC2)cc(C(=O)NCCN2CCN(CCCCC3CCN(CC(=O)N4c5ccccc5NC(=O)c5ccccc54)CC3)CC2)c1. The predicted molar refractivity (Wildman–Crippen MR) is 295 cm³/mol. The second-order valence-electron chi connectivity index (χ2n) is 21.4. The van der Waals surface area contributed by atoms with Crippen LogP contribution >= 0.6 is 0 Å². The maximum Gasteiger partial charge on any atom is 0.326 e. The summed E-state index contributed by atoms with van der Waals surface area (Å²) in [5.41, 5.74) is 12.0. The molecule has 0 aliphatic carbocycles. The molecule has 4 aromatic carbocycles. The van der Waals surface area contributed by atoms with Crippen LogP contribution < -0.4 is 32.3 Å². The van der Waals surface area contributed by atoms with Gasteiger partial charge in [-0.25, -0.2) is 4.79 Å². The summed E-state index contributed by atoms with van der Waals surface area (Å²) in [4.78, 5) is 83.5. The molecule has 4 saturated heterocycles. The molecule has 6 N–H and O–H groups in total. The predicted octanol–water partition coefficient (Wildman–Crippen LogP) is 5.48. The number of nitrogens with zero attached hydrogens (tertiary/aromatic N) is 7. The molecule has 0 radical (unpaired) electrons. The quantitative estimate of drug-likeness (QED) is 0.0700. The topological polar surface area (TPSA) is 188 Å². The first-order chi connectivity index (χ1) is 36.7. The minimum absolute atomic E-state index is 0.0122. The molecule has 5 aromatic rings. The van der Waals surface area contributed by atoms with Gasteiger partial charge in [0.05, 0.1) is 40.2 Å². The summed E-state index contributed by atoms with van der Waals surface area (Å²) in [5, 5.41) is 9.16. The van der Waals surface area contributed by atoms with Crippen LogP contribution in [-0.4, -0.2) is 168 Å². The zero-order valence-corrected chi connectivity index (χ0v) is 43.5. The number of imidazole rings is 1. The van der Waals surface area contributed by atoms with Crippen molar-refractivity contribution >= 4 is 51.7 Å². The number of nitrogens with two attached hydrogens (primary N) is 1. The van der Waals surface area contributed by atoms with Crippen LogP contribution in [-0.2, 0) is 11.3 Å². The fourth-order valence-electron chi connectivity index (χ4n) is 12.3. The van der Waals surface area contributed by atoms with Gasteiger partial charge in [-0.3, -0.25) is 38.4 Å². The van der Waals surface area contributed by atoms with E-state index in [9.17, 15) is 24.0 Å². The number of hydrogen-bond donors (Lipinski definition) is 5. The van der Waals surface area contributed by atoms with Crippen LogP contribution in [0.15, 0.2) is 95.8 Å². The van der Waals surface area contributed by atoms with E-state index >= 15 is 0 Å². The molecule has 5 aliphatic heterocycles. The smallest absolute Gasteiger partial charge is 0.326 e. The number of hydrogen-bond acceptors (Lipinski definition) is 11. The monoisotopic (exact) mass is 1020 g/mol. The molecule has 1 aromatic heterocycles. The lowest BCUT2D eigenvalue weighted by molar-refractivity contribution is -0.119. The Morgan fingerprint density at radius 1 is 0.600 bits per heavy atom. The lowest BCUT2D eigenvalue weighted by Gasteiger charge is -2.42. The van der Waals surface area contributed by atoms with Crippen molar-refractivity contribution in [2.45, 2.75) is 76.4 Å². The van der Waals surface area contributed by atoms with Crippen LogP contribution in [0.4, 0.5) is 17.1 Å². The molecule has 0 unspecified atom stereocenters. The van der Waals surface area contributed by atoms with E-state index in [1.807, 2.05) is 71.3 Å². The Kier molecular flexibility index (Phi) is 17.2. The number of piperidine rings is 3. The molecule has 75 heavy (non-hydrogen) atoms. The number of likely N-dealkylation sites (tertiary alicyclic amines) is 3. The largest absolute Gasteiger partial charge is 0.351 e. The number of H-pyrrole nitrogens is 1. The van der Waals surface area contributed by atoms with E-state index in [0.29, 0.717) is 65.3 Å². The second-order valence-corrected chi connectivity index (χ2v) is 21.4. The van der Waals surface area contributed by atoms with Crippen molar-refractivity contribution in [3.63, 3.8) is 0 Å². The number of anilines is 3. The van der Waals surface area contributed by atoms with E-state index in [-0.39, 0.29) is 41.9 Å². The molecule has 17 heteroatoms. The van der Waals surface area contributed by atoms with Gasteiger partial charge < -0.3 is 41.4 Å². The molecular weight excluding hydrogens is 945 g/mol. The minimum atomic E-state index is -0.206. The first-order valence-corrected chi connectivity index (χ1v) is 27.7. The first kappa shape index (κ1) is 52.2. The van der Waals surface area contributed by atoms with Crippen LogP contribution in [0.25, 0.3) is 11.0 Å². The van der Waals surface area contributed by atoms with Crippen molar-refractivity contribution < 1.29 is 19.2 Å². The van der Waals surface area contributed by atoms with Crippen LogP contribution in [0.5, 0.6) is 0 Å². The number of nitrogens with one attached hydrogen (secondary N) is 4. The van der Waals surface area contributed by atoms with Gasteiger partial charge >= 0.3 is 5.69 Å². The summed E-state index contributed by atoms with van der Waals surface area (Å²) in [6, 6.07) is 28.8. The molecule has 5 aliphatic rings. The molecule has 398 valence electrons. The lowest BCUT2D eigenvalue weighted by atomic mass is 9.91. The number of rotatable bonds is 18. The van der Waals surface area contributed by atoms with E-state index in [1.54, 1.807) is 29.2 Å². The van der Waals surface area contributed by atoms with Crippen LogP contribution in [0.2, 0.25) is 0 Å². The van der Waals surface area contributed by atoms with Gasteiger partial charge in [0, 0.05) is 95.2 Å². The Morgan fingerprint density at radius 3 is 1.88 bits per heavy atom. The number of carbonyl (C=O) groups is 4.